The standard InChI is InChI=1S/C68H51N/c1-40-41(2)69(50-29-32-54-52-20-12-14-22-61(52)68(5,6)63(54)37-50)64-39-59-58(38-56(40)64)66(49-26-24-43-16-8-10-18-45(43)34-49)57-35-46(28-31-55(57)65(59)48-25-23-42-15-7-9-17-44(42)33-48)47-27-30-53-51-19-11-13-21-60(51)67(3,4)62(53)36-47/h7-39H,1-6H3. The first kappa shape index (κ1) is 40.1. The first-order valence-corrected chi connectivity index (χ1v) is 24.6. The average Bonchev–Trinajstić information content (AvgIpc) is 3.87. The second kappa shape index (κ2) is 14.3. The van der Waals surface area contributed by atoms with Crippen molar-refractivity contribution in [1.29, 1.82) is 0 Å². The molecule has 14 rings (SSSR count). The van der Waals surface area contributed by atoms with Crippen LogP contribution in [0.1, 0.15) is 61.2 Å². The van der Waals surface area contributed by atoms with E-state index in [4.69, 9.17) is 0 Å². The van der Waals surface area contributed by atoms with E-state index in [0.717, 1.165) is 0 Å². The van der Waals surface area contributed by atoms with E-state index in [0.29, 0.717) is 0 Å². The molecule has 0 saturated heterocycles. The van der Waals surface area contributed by atoms with E-state index in [1.54, 1.807) is 0 Å². The van der Waals surface area contributed by atoms with Gasteiger partial charge in [0.2, 0.25) is 0 Å². The van der Waals surface area contributed by atoms with Gasteiger partial charge in [-0.05, 0) is 189 Å². The van der Waals surface area contributed by atoms with Crippen molar-refractivity contribution in [2.75, 3.05) is 0 Å². The van der Waals surface area contributed by atoms with Crippen molar-refractivity contribution in [1.82, 2.24) is 4.57 Å². The smallest absolute Gasteiger partial charge is 0.0540 e. The fraction of sp³-hybridized carbons (Fsp3) is 0.118. The summed E-state index contributed by atoms with van der Waals surface area (Å²) < 4.78 is 2.53. The Morgan fingerprint density at radius 1 is 0.319 bits per heavy atom. The number of hydrogen-bond donors (Lipinski definition) is 0. The van der Waals surface area contributed by atoms with Gasteiger partial charge in [-0.1, -0.05) is 179 Å². The third-order valence-electron chi connectivity index (χ3n) is 16.6. The molecule has 69 heavy (non-hydrogen) atoms. The second-order valence-electron chi connectivity index (χ2n) is 20.9. The summed E-state index contributed by atoms with van der Waals surface area (Å²) in [7, 11) is 0. The van der Waals surface area contributed by atoms with E-state index >= 15 is 0 Å². The molecule has 2 aliphatic carbocycles. The van der Waals surface area contributed by atoms with Crippen LogP contribution in [-0.2, 0) is 10.8 Å². The minimum atomic E-state index is -0.0999. The first-order valence-electron chi connectivity index (χ1n) is 24.6. The summed E-state index contributed by atoms with van der Waals surface area (Å²) in [6, 6.07) is 76.3. The number of hydrogen-bond acceptors (Lipinski definition) is 0. The summed E-state index contributed by atoms with van der Waals surface area (Å²) in [4.78, 5) is 0. The largest absolute Gasteiger partial charge is 0.314 e. The summed E-state index contributed by atoms with van der Waals surface area (Å²) >= 11 is 0. The summed E-state index contributed by atoms with van der Waals surface area (Å²) in [5.41, 5.74) is 23.2. The zero-order valence-electron chi connectivity index (χ0n) is 40.0. The molecule has 0 amide bonds. The van der Waals surface area contributed by atoms with Crippen molar-refractivity contribution in [3.05, 3.63) is 234 Å². The third-order valence-corrected chi connectivity index (χ3v) is 16.6. The van der Waals surface area contributed by atoms with Gasteiger partial charge in [0.25, 0.3) is 0 Å². The SMILES string of the molecule is Cc1c(C)n(-c2ccc3c(c2)C(C)(C)c2ccccc2-3)c2cc3c(-c4ccc5ccccc5c4)c4ccc(-c5ccc6c(c5)C(C)(C)c5ccccc5-6)cc4c(-c4ccc5ccccc5c4)c3cc12. The van der Waals surface area contributed by atoms with Crippen molar-refractivity contribution < 1.29 is 0 Å². The van der Waals surface area contributed by atoms with E-state index in [9.17, 15) is 0 Å². The lowest BCUT2D eigenvalue weighted by atomic mass is 9.81. The molecule has 0 N–H and O–H groups in total. The van der Waals surface area contributed by atoms with Crippen molar-refractivity contribution in [3.63, 3.8) is 0 Å². The number of rotatable bonds is 4. The minimum Gasteiger partial charge on any atom is -0.314 e. The van der Waals surface area contributed by atoms with Crippen LogP contribution in [-0.4, -0.2) is 4.57 Å². The Kier molecular flexibility index (Phi) is 8.29. The van der Waals surface area contributed by atoms with Gasteiger partial charge < -0.3 is 4.57 Å². The Hall–Kier alpha value is -8.00. The van der Waals surface area contributed by atoms with Gasteiger partial charge in [0.1, 0.15) is 0 Å². The van der Waals surface area contributed by atoms with Gasteiger partial charge in [0.05, 0.1) is 5.52 Å². The summed E-state index contributed by atoms with van der Waals surface area (Å²) in [6.07, 6.45) is 0. The van der Waals surface area contributed by atoms with Crippen LogP contribution < -0.4 is 0 Å². The first-order chi connectivity index (χ1) is 33.5. The molecule has 1 heterocycles. The summed E-state index contributed by atoms with van der Waals surface area (Å²) in [6.45, 7) is 14.1. The van der Waals surface area contributed by atoms with Crippen LogP contribution in [0.25, 0.3) is 115 Å². The van der Waals surface area contributed by atoms with E-state index in [1.165, 1.54) is 149 Å². The van der Waals surface area contributed by atoms with E-state index in [1.807, 2.05) is 0 Å². The molecule has 0 atom stereocenters. The maximum Gasteiger partial charge on any atom is 0.0540 e. The molecule has 11 aromatic carbocycles. The topological polar surface area (TPSA) is 4.93 Å². The Bertz CT molecular complexity index is 4210. The molecule has 328 valence electrons. The maximum absolute atomic E-state index is 2.53. The van der Waals surface area contributed by atoms with Gasteiger partial charge >= 0.3 is 0 Å². The zero-order chi connectivity index (χ0) is 46.5. The van der Waals surface area contributed by atoms with Crippen LogP contribution in [0.15, 0.2) is 200 Å². The fourth-order valence-electron chi connectivity index (χ4n) is 12.8. The Labute approximate surface area is 404 Å². The van der Waals surface area contributed by atoms with Crippen LogP contribution in [0.2, 0.25) is 0 Å². The molecule has 2 aliphatic rings. The lowest BCUT2D eigenvalue weighted by Crippen LogP contribution is -2.15. The van der Waals surface area contributed by atoms with Gasteiger partial charge in [-0.3, -0.25) is 0 Å². The normalized spacial score (nSPS) is 14.2. The van der Waals surface area contributed by atoms with Crippen LogP contribution in [0, 0.1) is 13.8 Å². The van der Waals surface area contributed by atoms with Crippen LogP contribution in [0.3, 0.4) is 0 Å². The molecule has 12 aromatic rings. The minimum absolute atomic E-state index is 0.0900. The van der Waals surface area contributed by atoms with Crippen LogP contribution >= 0.6 is 0 Å². The average molecular weight is 882 g/mol. The van der Waals surface area contributed by atoms with E-state index in [-0.39, 0.29) is 10.8 Å². The molecule has 1 nitrogen and oxygen atoms in total. The molecule has 1 heteroatoms. The number of fused-ring (bicyclic) bond motifs is 11. The van der Waals surface area contributed by atoms with E-state index < -0.39 is 0 Å². The molecular weight excluding hydrogens is 831 g/mol. The molecule has 0 unspecified atom stereocenters. The molecule has 0 fully saturated rings. The number of benzene rings is 11. The van der Waals surface area contributed by atoms with Gasteiger partial charge in [-0.15, -0.1) is 0 Å². The maximum atomic E-state index is 2.53. The lowest BCUT2D eigenvalue weighted by molar-refractivity contribution is 0.659. The molecule has 0 spiro atoms. The molecule has 0 aliphatic heterocycles. The van der Waals surface area contributed by atoms with Crippen molar-refractivity contribution in [3.8, 4) is 61.3 Å². The van der Waals surface area contributed by atoms with Gasteiger partial charge in [0, 0.05) is 27.6 Å². The Balaban J connectivity index is 1.08. The summed E-state index contributed by atoms with van der Waals surface area (Å²) in [5.74, 6) is 0. The van der Waals surface area contributed by atoms with Gasteiger partial charge in [0.15, 0.2) is 0 Å². The van der Waals surface area contributed by atoms with Gasteiger partial charge in [-0.25, -0.2) is 0 Å². The fourth-order valence-corrected chi connectivity index (χ4v) is 12.8. The third kappa shape index (κ3) is 5.65. The number of nitrogens with zero attached hydrogens (tertiary/aromatic N) is 1. The Morgan fingerprint density at radius 2 is 0.783 bits per heavy atom. The lowest BCUT2D eigenvalue weighted by Gasteiger charge is -2.23. The predicted octanol–water partition coefficient (Wildman–Crippen LogP) is 18.5. The zero-order valence-corrected chi connectivity index (χ0v) is 40.0. The quantitative estimate of drug-likeness (QED) is 0.155. The molecule has 1 aromatic heterocycles. The Morgan fingerprint density at radius 3 is 1.42 bits per heavy atom. The number of aromatic nitrogens is 1. The predicted molar refractivity (Wildman–Crippen MR) is 294 cm³/mol. The van der Waals surface area contributed by atoms with Gasteiger partial charge in [-0.2, -0.15) is 0 Å². The molecular formula is C68H51N. The highest BCUT2D eigenvalue weighted by molar-refractivity contribution is 6.25. The highest BCUT2D eigenvalue weighted by Gasteiger charge is 2.37. The summed E-state index contributed by atoms with van der Waals surface area (Å²) in [5, 5.41) is 11.3. The second-order valence-corrected chi connectivity index (χ2v) is 20.9. The molecule has 0 saturated carbocycles. The van der Waals surface area contributed by atoms with Crippen LogP contribution in [0.5, 0.6) is 0 Å². The molecule has 0 bridgehead atoms. The molecule has 0 radical (unpaired) electrons. The highest BCUT2D eigenvalue weighted by atomic mass is 15.0. The van der Waals surface area contributed by atoms with E-state index in [2.05, 4.69) is 246 Å². The van der Waals surface area contributed by atoms with Crippen molar-refractivity contribution in [2.24, 2.45) is 0 Å². The van der Waals surface area contributed by atoms with Crippen molar-refractivity contribution >= 4 is 54.0 Å². The number of aryl methyl sites for hydroxylation is 1. The van der Waals surface area contributed by atoms with Crippen LogP contribution in [0.4, 0.5) is 0 Å². The monoisotopic (exact) mass is 881 g/mol. The van der Waals surface area contributed by atoms with Crippen molar-refractivity contribution in [2.45, 2.75) is 52.4 Å². The highest BCUT2D eigenvalue weighted by Crippen LogP contribution is 2.53.